The fourth-order valence-corrected chi connectivity index (χ4v) is 4.88. The topological polar surface area (TPSA) is 78.6 Å². The van der Waals surface area contributed by atoms with Crippen LogP contribution in [0.3, 0.4) is 0 Å². The van der Waals surface area contributed by atoms with E-state index in [1.165, 1.54) is 6.07 Å². The molecule has 0 radical (unpaired) electrons. The highest BCUT2D eigenvalue weighted by Gasteiger charge is 2.45. The molecule has 0 aliphatic carbocycles. The second-order valence-corrected chi connectivity index (χ2v) is 7.79. The van der Waals surface area contributed by atoms with Crippen LogP contribution >= 0.6 is 0 Å². The molecule has 2 heterocycles. The molecule has 2 fully saturated rings. The number of hydrogen-bond acceptors (Lipinski definition) is 5. The van der Waals surface area contributed by atoms with Crippen LogP contribution in [0, 0.1) is 0 Å². The molecule has 0 aromatic heterocycles. The summed E-state index contributed by atoms with van der Waals surface area (Å²) in [7, 11) is -3.36. The lowest BCUT2D eigenvalue weighted by Crippen LogP contribution is -2.45. The third-order valence-electron chi connectivity index (χ3n) is 4.14. The van der Waals surface area contributed by atoms with Crippen LogP contribution < -0.4 is 5.73 Å². The first-order valence-electron chi connectivity index (χ1n) is 6.83. The van der Waals surface area contributed by atoms with Gasteiger partial charge in [0.05, 0.1) is 22.4 Å². The molecule has 6 heteroatoms. The average molecular weight is 297 g/mol. The molecule has 0 amide bonds. The lowest BCUT2D eigenvalue weighted by atomic mass is 9.93. The van der Waals surface area contributed by atoms with Crippen LogP contribution in [-0.2, 0) is 19.3 Å². The molecule has 0 bridgehead atoms. The fraction of sp³-hybridized carbons (Fsp3) is 0.571. The maximum Gasteiger partial charge on any atom is 0.181 e. The first kappa shape index (κ1) is 13.9. The summed E-state index contributed by atoms with van der Waals surface area (Å²) in [6, 6.07) is 6.51. The van der Waals surface area contributed by atoms with Crippen molar-refractivity contribution in [1.29, 1.82) is 0 Å². The molecular formula is C14H19NO4S. The quantitative estimate of drug-likeness (QED) is 0.834. The van der Waals surface area contributed by atoms with E-state index < -0.39 is 20.7 Å². The Morgan fingerprint density at radius 2 is 2.15 bits per heavy atom. The molecule has 110 valence electrons. The van der Waals surface area contributed by atoms with E-state index in [1.807, 2.05) is 0 Å². The molecule has 2 N–H and O–H groups in total. The van der Waals surface area contributed by atoms with Gasteiger partial charge in [0.2, 0.25) is 0 Å². The molecule has 2 unspecified atom stereocenters. The van der Waals surface area contributed by atoms with Gasteiger partial charge >= 0.3 is 0 Å². The van der Waals surface area contributed by atoms with E-state index in [0.29, 0.717) is 43.2 Å². The summed E-state index contributed by atoms with van der Waals surface area (Å²) in [5.41, 5.74) is 5.75. The molecule has 3 rings (SSSR count). The molecule has 1 spiro atoms. The number of rotatable bonds is 2. The molecule has 2 aliphatic heterocycles. The lowest BCUT2D eigenvalue weighted by Gasteiger charge is -2.36. The minimum absolute atomic E-state index is 0.304. The standard InChI is InChI=1S/C14H19NO4S/c15-11-2-1-3-12(8-11)20(16,17)13-4-6-19-14(9-13)5-7-18-10-14/h1-3,8,13H,4-7,9-10,15H2. The Kier molecular flexibility index (Phi) is 3.48. The lowest BCUT2D eigenvalue weighted by molar-refractivity contribution is -0.0778. The Labute approximate surface area is 119 Å². The zero-order valence-corrected chi connectivity index (χ0v) is 12.1. The van der Waals surface area contributed by atoms with Gasteiger partial charge in [-0.25, -0.2) is 8.42 Å². The van der Waals surface area contributed by atoms with E-state index >= 15 is 0 Å². The van der Waals surface area contributed by atoms with Crippen LogP contribution in [0.1, 0.15) is 19.3 Å². The number of sulfone groups is 1. The molecule has 5 nitrogen and oxygen atoms in total. The zero-order chi connectivity index (χ0) is 14.2. The smallest absolute Gasteiger partial charge is 0.181 e. The first-order valence-corrected chi connectivity index (χ1v) is 8.38. The van der Waals surface area contributed by atoms with E-state index in [1.54, 1.807) is 18.2 Å². The Morgan fingerprint density at radius 3 is 2.85 bits per heavy atom. The Hall–Kier alpha value is -1.11. The van der Waals surface area contributed by atoms with Crippen molar-refractivity contribution in [3.63, 3.8) is 0 Å². The van der Waals surface area contributed by atoms with Crippen molar-refractivity contribution in [3.8, 4) is 0 Å². The summed E-state index contributed by atoms with van der Waals surface area (Å²) in [6.07, 6.45) is 1.80. The number of hydrogen-bond donors (Lipinski definition) is 1. The number of anilines is 1. The van der Waals surface area contributed by atoms with Crippen molar-refractivity contribution < 1.29 is 17.9 Å². The molecule has 2 aliphatic rings. The summed E-state index contributed by atoms with van der Waals surface area (Å²) in [6.45, 7) is 1.61. The van der Waals surface area contributed by atoms with Crippen molar-refractivity contribution in [2.24, 2.45) is 0 Å². The predicted molar refractivity (Wildman–Crippen MR) is 75.2 cm³/mol. The van der Waals surface area contributed by atoms with Gasteiger partial charge in [-0.15, -0.1) is 0 Å². The third kappa shape index (κ3) is 2.43. The van der Waals surface area contributed by atoms with E-state index in [-0.39, 0.29) is 0 Å². The van der Waals surface area contributed by atoms with Gasteiger partial charge in [-0.3, -0.25) is 0 Å². The summed E-state index contributed by atoms with van der Waals surface area (Å²) in [4.78, 5) is 0.304. The fourth-order valence-electron chi connectivity index (χ4n) is 2.99. The molecule has 2 saturated heterocycles. The number of nitrogen functional groups attached to an aromatic ring is 1. The monoisotopic (exact) mass is 297 g/mol. The van der Waals surface area contributed by atoms with Crippen LogP contribution in [0.4, 0.5) is 5.69 Å². The van der Waals surface area contributed by atoms with E-state index in [9.17, 15) is 8.42 Å². The second kappa shape index (κ2) is 5.02. The van der Waals surface area contributed by atoms with Gasteiger partial charge < -0.3 is 15.2 Å². The molecule has 1 aromatic rings. The number of benzene rings is 1. The molecule has 20 heavy (non-hydrogen) atoms. The van der Waals surface area contributed by atoms with E-state index in [4.69, 9.17) is 15.2 Å². The van der Waals surface area contributed by atoms with Crippen LogP contribution in [0.5, 0.6) is 0 Å². The van der Waals surface area contributed by atoms with Gasteiger partial charge in [0, 0.05) is 25.3 Å². The van der Waals surface area contributed by atoms with Gasteiger partial charge in [-0.2, -0.15) is 0 Å². The van der Waals surface area contributed by atoms with Gasteiger partial charge in [0.15, 0.2) is 9.84 Å². The van der Waals surface area contributed by atoms with Crippen molar-refractivity contribution >= 4 is 15.5 Å². The average Bonchev–Trinajstić information content (AvgIpc) is 2.87. The zero-order valence-electron chi connectivity index (χ0n) is 11.2. The maximum atomic E-state index is 12.7. The number of nitrogens with two attached hydrogens (primary N) is 1. The third-order valence-corrected chi connectivity index (χ3v) is 6.33. The minimum Gasteiger partial charge on any atom is -0.399 e. The van der Waals surface area contributed by atoms with Crippen molar-refractivity contribution in [1.82, 2.24) is 0 Å². The SMILES string of the molecule is Nc1cccc(S(=O)(=O)C2CCOC3(CCOC3)C2)c1. The summed E-state index contributed by atoms with van der Waals surface area (Å²) in [5.74, 6) is 0. The molecule has 1 aromatic carbocycles. The minimum atomic E-state index is -3.36. The highest BCUT2D eigenvalue weighted by molar-refractivity contribution is 7.92. The van der Waals surface area contributed by atoms with E-state index in [2.05, 4.69) is 0 Å². The van der Waals surface area contributed by atoms with Crippen molar-refractivity contribution in [2.75, 3.05) is 25.6 Å². The predicted octanol–water partition coefficient (Wildman–Crippen LogP) is 1.38. The van der Waals surface area contributed by atoms with Crippen LogP contribution in [0.2, 0.25) is 0 Å². The van der Waals surface area contributed by atoms with Gasteiger partial charge in [-0.1, -0.05) is 6.07 Å². The van der Waals surface area contributed by atoms with Crippen molar-refractivity contribution in [2.45, 2.75) is 35.0 Å². The summed E-state index contributed by atoms with van der Waals surface area (Å²) in [5, 5.41) is -0.417. The molecule has 2 atom stereocenters. The summed E-state index contributed by atoms with van der Waals surface area (Å²) < 4.78 is 36.6. The normalized spacial score (nSPS) is 30.7. The van der Waals surface area contributed by atoms with Crippen LogP contribution in [0.25, 0.3) is 0 Å². The summed E-state index contributed by atoms with van der Waals surface area (Å²) >= 11 is 0. The molecular weight excluding hydrogens is 278 g/mol. The van der Waals surface area contributed by atoms with Gasteiger partial charge in [0.25, 0.3) is 0 Å². The molecule has 0 saturated carbocycles. The first-order chi connectivity index (χ1) is 9.52. The largest absolute Gasteiger partial charge is 0.399 e. The Balaban J connectivity index is 1.87. The van der Waals surface area contributed by atoms with Crippen LogP contribution in [-0.4, -0.2) is 39.1 Å². The maximum absolute atomic E-state index is 12.7. The van der Waals surface area contributed by atoms with Gasteiger partial charge in [-0.05, 0) is 31.0 Å². The number of ether oxygens (including phenoxy) is 2. The second-order valence-electron chi connectivity index (χ2n) is 5.57. The van der Waals surface area contributed by atoms with Crippen molar-refractivity contribution in [3.05, 3.63) is 24.3 Å². The van der Waals surface area contributed by atoms with Crippen LogP contribution in [0.15, 0.2) is 29.2 Å². The van der Waals surface area contributed by atoms with E-state index in [0.717, 1.165) is 6.42 Å². The van der Waals surface area contributed by atoms with Gasteiger partial charge in [0.1, 0.15) is 0 Å². The Bertz CT molecular complexity index is 593. The Morgan fingerprint density at radius 1 is 1.30 bits per heavy atom. The highest BCUT2D eigenvalue weighted by atomic mass is 32.2. The highest BCUT2D eigenvalue weighted by Crippen LogP contribution is 2.37.